The second-order valence-corrected chi connectivity index (χ2v) is 31.0. The summed E-state index contributed by atoms with van der Waals surface area (Å²) < 4.78 is 32.2. The Hall–Kier alpha value is -0.830. The van der Waals surface area contributed by atoms with Gasteiger partial charge in [-0.1, -0.05) is 162 Å². The van der Waals surface area contributed by atoms with Crippen LogP contribution in [0.25, 0.3) is 0 Å². The minimum absolute atomic E-state index is 0. The van der Waals surface area contributed by atoms with Crippen LogP contribution in [0.2, 0.25) is 0 Å². The molecule has 514 valence electrons. The van der Waals surface area contributed by atoms with Gasteiger partial charge in [0.25, 0.3) is 0 Å². The summed E-state index contributed by atoms with van der Waals surface area (Å²) in [6, 6.07) is 0. The summed E-state index contributed by atoms with van der Waals surface area (Å²) >= 11 is 2.94. The van der Waals surface area contributed by atoms with Gasteiger partial charge < -0.3 is 35.6 Å². The van der Waals surface area contributed by atoms with Gasteiger partial charge in [-0.2, -0.15) is 0 Å². The molecule has 1 aliphatic heterocycles. The number of hydrogen-bond donors (Lipinski definition) is 1. The number of halogens is 1. The van der Waals surface area contributed by atoms with Crippen LogP contribution in [0, 0.1) is 92.7 Å². The number of carbonyl (C=O) groups is 3. The number of nitrogens with two attached hydrogens (primary N) is 1. The fourth-order valence-electron chi connectivity index (χ4n) is 19.9. The van der Waals surface area contributed by atoms with Crippen LogP contribution in [0.15, 0.2) is 23.3 Å². The summed E-state index contributed by atoms with van der Waals surface area (Å²) in [6.07, 6.45) is 38.2. The number of allylic oxidation sites excluding steroid dienone is 2. The van der Waals surface area contributed by atoms with Crippen LogP contribution in [0.1, 0.15) is 260 Å². The average Bonchev–Trinajstić information content (AvgIpc) is 1.35. The van der Waals surface area contributed by atoms with Crippen molar-refractivity contribution in [3.8, 4) is 0 Å². The molecule has 0 spiro atoms. The Bertz CT molecular complexity index is 2100. The van der Waals surface area contributed by atoms with Crippen LogP contribution in [-0.2, 0) is 42.8 Å². The number of fused-ring (bicyclic) bond motifs is 10. The standard InChI is InChI=1S/C37H63NO5.C29H51NO.C4H7BrO2.C4H8O.2CH4.Na.H/c1-8-41-34(39)24-38(25-35(40)42-9-2)21-22-43-29-17-19-36(6)28(23-29)13-14-30-32-16-15-31(27(5)12-10-11-26(3)4)37(32,7)20-18-33(30)36;1-20(2)7-6-8-21(3)25-11-12-26-24-10-9-22-19-23(31-18-17-30)13-15-28(22,4)27(24)14-16-29(25,26)5;1-2-7-4(6)3-5;1-2-4-5-3-1;;;;/h13,26-27,29-33H,8-12,14-25H2,1-7H3;9,20-21,23-27H,6-8,10-19,30H2,1-5H3;2-3H2,1H3;1-4H2;2*1H4;;/q;;;;;;+1;-1/t27-,29+,30?,31-,32?,33?,36+,37-;21-,23+,24?,25-,26?,27?,28+,29-;;;;;;/m11....../s1. The molecule has 0 amide bonds. The summed E-state index contributed by atoms with van der Waals surface area (Å²) in [5.41, 5.74) is 10.9. The van der Waals surface area contributed by atoms with Crippen molar-refractivity contribution in [2.45, 2.75) is 271 Å². The Kier molecular flexibility index (Phi) is 37.1. The van der Waals surface area contributed by atoms with E-state index in [9.17, 15) is 14.4 Å². The predicted molar refractivity (Wildman–Crippen MR) is 369 cm³/mol. The van der Waals surface area contributed by atoms with Crippen molar-refractivity contribution in [1.29, 1.82) is 0 Å². The van der Waals surface area contributed by atoms with E-state index in [1.54, 1.807) is 36.8 Å². The van der Waals surface area contributed by atoms with Crippen molar-refractivity contribution in [2.24, 2.45) is 98.4 Å². The Morgan fingerprint density at radius 2 is 1.01 bits per heavy atom. The van der Waals surface area contributed by atoms with Crippen LogP contribution in [0.4, 0.5) is 0 Å². The molecule has 9 rings (SSSR count). The van der Waals surface area contributed by atoms with Gasteiger partial charge in [-0.25, -0.2) is 0 Å². The molecule has 0 aromatic rings. The van der Waals surface area contributed by atoms with Crippen molar-refractivity contribution < 1.29 is 73.8 Å². The molecule has 7 fully saturated rings. The number of esters is 3. The molecule has 0 bridgehead atoms. The van der Waals surface area contributed by atoms with Gasteiger partial charge in [-0.3, -0.25) is 19.3 Å². The Balaban J connectivity index is 0.000000511. The third-order valence-corrected chi connectivity index (χ3v) is 24.8. The molecule has 89 heavy (non-hydrogen) atoms. The second kappa shape index (κ2) is 40.0. The van der Waals surface area contributed by atoms with Crippen molar-refractivity contribution >= 4 is 33.8 Å². The van der Waals surface area contributed by atoms with Crippen LogP contribution in [-0.4, -0.2) is 113 Å². The molecule has 16 atom stereocenters. The van der Waals surface area contributed by atoms with Gasteiger partial charge in [0.05, 0.1) is 58.3 Å². The first-order valence-corrected chi connectivity index (χ1v) is 36.9. The van der Waals surface area contributed by atoms with E-state index in [2.05, 4.69) is 102 Å². The molecule has 0 aromatic carbocycles. The quantitative estimate of drug-likeness (QED) is 0.0308. The Morgan fingerprint density at radius 3 is 1.37 bits per heavy atom. The van der Waals surface area contributed by atoms with E-state index >= 15 is 0 Å². The van der Waals surface area contributed by atoms with Crippen LogP contribution in [0.3, 0.4) is 0 Å². The molecule has 11 nitrogen and oxygen atoms in total. The molecular formula is C76H138BrN2NaO9. The number of rotatable bonds is 25. The zero-order valence-corrected chi connectivity index (χ0v) is 61.9. The van der Waals surface area contributed by atoms with Crippen molar-refractivity contribution in [3.05, 3.63) is 23.3 Å². The normalized spacial score (nSPS) is 33.6. The zero-order valence-electron chi connectivity index (χ0n) is 59.3. The monoisotopic (exact) mass is 1320 g/mol. The van der Waals surface area contributed by atoms with E-state index in [1.807, 2.05) is 0 Å². The summed E-state index contributed by atoms with van der Waals surface area (Å²) in [5, 5.41) is 0.292. The van der Waals surface area contributed by atoms with E-state index in [1.165, 1.54) is 135 Å². The number of nitrogens with zero attached hydrogens (tertiary/aromatic N) is 1. The Labute approximate surface area is 579 Å². The first kappa shape index (κ1) is 82.4. The van der Waals surface area contributed by atoms with Crippen LogP contribution in [0.5, 0.6) is 0 Å². The largest absolute Gasteiger partial charge is 1.00 e. The van der Waals surface area contributed by atoms with E-state index in [-0.39, 0.29) is 82.9 Å². The fourth-order valence-corrected chi connectivity index (χ4v) is 20.0. The second-order valence-electron chi connectivity index (χ2n) is 30.4. The van der Waals surface area contributed by atoms with Gasteiger partial charge >= 0.3 is 47.5 Å². The topological polar surface area (TPSA) is 136 Å². The van der Waals surface area contributed by atoms with Gasteiger partial charge in [0, 0.05) is 26.3 Å². The van der Waals surface area contributed by atoms with Crippen molar-refractivity contribution in [1.82, 2.24) is 4.90 Å². The zero-order chi connectivity index (χ0) is 62.7. The molecule has 6 saturated carbocycles. The third kappa shape index (κ3) is 22.1. The molecule has 13 heteroatoms. The van der Waals surface area contributed by atoms with E-state index in [0.717, 1.165) is 110 Å². The van der Waals surface area contributed by atoms with E-state index in [4.69, 9.17) is 29.4 Å². The smallest absolute Gasteiger partial charge is 1.00 e. The molecule has 9 aliphatic rings. The third-order valence-electron chi connectivity index (χ3n) is 24.3. The number of alkyl halides is 1. The van der Waals surface area contributed by atoms with Gasteiger partial charge in [0.1, 0.15) is 5.33 Å². The maximum absolute atomic E-state index is 12.1. The molecule has 2 N–H and O–H groups in total. The van der Waals surface area contributed by atoms with Crippen molar-refractivity contribution in [3.63, 3.8) is 0 Å². The predicted octanol–water partition coefficient (Wildman–Crippen LogP) is 15.3. The fraction of sp³-hybridized carbons (Fsp3) is 0.908. The maximum atomic E-state index is 12.1. The molecular weight excluding hydrogens is 1190 g/mol. The summed E-state index contributed by atoms with van der Waals surface area (Å²) in [5.74, 6) is 9.81. The minimum atomic E-state index is -0.320. The molecule has 8 aliphatic carbocycles. The average molecular weight is 1330 g/mol. The van der Waals surface area contributed by atoms with Crippen molar-refractivity contribution in [2.75, 3.05) is 77.8 Å². The van der Waals surface area contributed by atoms with E-state index < -0.39 is 0 Å². The summed E-state index contributed by atoms with van der Waals surface area (Å²) in [6.45, 7) is 36.2. The molecule has 1 saturated heterocycles. The number of hydrogen-bond acceptors (Lipinski definition) is 11. The molecule has 0 radical (unpaired) electrons. The maximum Gasteiger partial charge on any atom is 1.00 e. The number of carbonyl (C=O) groups excluding carboxylic acids is 3. The molecule has 6 unspecified atom stereocenters. The van der Waals surface area contributed by atoms with Gasteiger partial charge in [-0.05, 0) is 229 Å². The molecule has 1 heterocycles. The van der Waals surface area contributed by atoms with Crippen LogP contribution >= 0.6 is 15.9 Å². The van der Waals surface area contributed by atoms with E-state index in [0.29, 0.717) is 72.6 Å². The first-order chi connectivity index (χ1) is 41.1. The Morgan fingerprint density at radius 1 is 0.596 bits per heavy atom. The first-order valence-electron chi connectivity index (χ1n) is 35.8. The number of ether oxygens (including phenoxy) is 6. The molecule has 0 aromatic heterocycles. The minimum Gasteiger partial charge on any atom is -1.00 e. The van der Waals surface area contributed by atoms with Crippen LogP contribution < -0.4 is 35.3 Å². The van der Waals surface area contributed by atoms with Gasteiger partial charge in [-0.15, -0.1) is 0 Å². The van der Waals surface area contributed by atoms with Gasteiger partial charge in [0.15, 0.2) is 0 Å². The SMILES string of the molecule is C.C.C1CCOC1.CC(C)CCC[C@@H](C)[C@H]1CCC2C3CC=C4C[C@@H](OCCN)CC[C@]4(C)C3CC[C@@]21C.CCOC(=O)CBr.CCOC(=O)CN(CCO[C@H]1CC[C@@]2(C)C(=CCC3C2CC[C@@]2(C)C3CC[C@@H]2[C@H](C)CCCC(C)C)C1)CC(=O)OCC.[H-].[Na+]. The summed E-state index contributed by atoms with van der Waals surface area (Å²) in [4.78, 5) is 36.1. The summed E-state index contributed by atoms with van der Waals surface area (Å²) in [7, 11) is 0. The van der Waals surface area contributed by atoms with Gasteiger partial charge in [0.2, 0.25) is 0 Å².